The van der Waals surface area contributed by atoms with Gasteiger partial charge in [-0.3, -0.25) is 9.59 Å². The van der Waals surface area contributed by atoms with Crippen molar-refractivity contribution in [1.29, 1.82) is 0 Å². The Morgan fingerprint density at radius 2 is 2.04 bits per heavy atom. The van der Waals surface area contributed by atoms with Crippen LogP contribution in [0.3, 0.4) is 0 Å². The lowest BCUT2D eigenvalue weighted by Crippen LogP contribution is -2.44. The van der Waals surface area contributed by atoms with E-state index in [-0.39, 0.29) is 11.8 Å². The van der Waals surface area contributed by atoms with Crippen LogP contribution in [0.4, 0.5) is 5.82 Å². The largest absolute Gasteiger partial charge is 0.356 e. The number of hydrogen-bond acceptors (Lipinski definition) is 5. The molecule has 0 saturated carbocycles. The van der Waals surface area contributed by atoms with Gasteiger partial charge in [0.25, 0.3) is 5.91 Å². The van der Waals surface area contributed by atoms with Gasteiger partial charge in [-0.2, -0.15) is 0 Å². The van der Waals surface area contributed by atoms with Gasteiger partial charge < -0.3 is 15.5 Å². The van der Waals surface area contributed by atoms with Crippen molar-refractivity contribution in [2.24, 2.45) is 0 Å². The second-order valence-electron chi connectivity index (χ2n) is 6.42. The van der Waals surface area contributed by atoms with Crippen LogP contribution in [-0.4, -0.2) is 35.9 Å². The molecule has 1 atom stereocenters. The lowest BCUT2D eigenvalue weighted by atomic mass is 10.1. The number of nitrogens with zero attached hydrogens (tertiary/aromatic N) is 2. The van der Waals surface area contributed by atoms with Gasteiger partial charge >= 0.3 is 0 Å². The lowest BCUT2D eigenvalue weighted by Gasteiger charge is -2.29. The zero-order valence-corrected chi connectivity index (χ0v) is 15.7. The summed E-state index contributed by atoms with van der Waals surface area (Å²) in [6.45, 7) is 4.10. The van der Waals surface area contributed by atoms with Crippen molar-refractivity contribution in [3.8, 4) is 0 Å². The summed E-state index contributed by atoms with van der Waals surface area (Å²) in [7, 11) is 0. The minimum atomic E-state index is -0.597. The third kappa shape index (κ3) is 4.60. The quantitative estimate of drug-likeness (QED) is 0.817. The van der Waals surface area contributed by atoms with E-state index in [9.17, 15) is 9.59 Å². The highest BCUT2D eigenvalue weighted by Crippen LogP contribution is 2.21. The maximum Gasteiger partial charge on any atom is 0.261 e. The molecule has 2 amide bonds. The van der Waals surface area contributed by atoms with E-state index in [4.69, 9.17) is 0 Å². The summed E-state index contributed by atoms with van der Waals surface area (Å²) in [5, 5.41) is 7.48. The zero-order valence-electron chi connectivity index (χ0n) is 14.9. The van der Waals surface area contributed by atoms with E-state index in [1.54, 1.807) is 19.2 Å². The predicted molar refractivity (Wildman–Crippen MR) is 103 cm³/mol. The Bertz CT molecular complexity index is 742. The molecular formula is C19H24N4O2S. The third-order valence-electron chi connectivity index (χ3n) is 4.46. The number of piperidine rings is 1. The second kappa shape index (κ2) is 8.80. The van der Waals surface area contributed by atoms with Crippen molar-refractivity contribution >= 4 is 29.0 Å². The van der Waals surface area contributed by atoms with Gasteiger partial charge in [0.15, 0.2) is 0 Å². The Balaban J connectivity index is 1.56. The smallest absolute Gasteiger partial charge is 0.261 e. The van der Waals surface area contributed by atoms with Crippen molar-refractivity contribution in [2.45, 2.75) is 38.8 Å². The van der Waals surface area contributed by atoms with Crippen LogP contribution >= 0.6 is 11.3 Å². The number of carbonyl (C=O) groups is 2. The van der Waals surface area contributed by atoms with Crippen LogP contribution in [0.5, 0.6) is 0 Å². The number of anilines is 1. The first-order valence-corrected chi connectivity index (χ1v) is 9.84. The molecule has 3 rings (SSSR count). The Morgan fingerprint density at radius 1 is 1.23 bits per heavy atom. The van der Waals surface area contributed by atoms with Crippen molar-refractivity contribution in [3.05, 3.63) is 46.3 Å². The van der Waals surface area contributed by atoms with Gasteiger partial charge in [-0.1, -0.05) is 12.1 Å². The molecule has 0 unspecified atom stereocenters. The van der Waals surface area contributed by atoms with Gasteiger partial charge in [0, 0.05) is 31.4 Å². The summed E-state index contributed by atoms with van der Waals surface area (Å²) in [4.78, 5) is 31.8. The molecule has 2 aromatic heterocycles. The molecule has 7 heteroatoms. The van der Waals surface area contributed by atoms with Crippen molar-refractivity contribution in [2.75, 3.05) is 18.0 Å². The van der Waals surface area contributed by atoms with E-state index in [2.05, 4.69) is 20.5 Å². The molecule has 1 aliphatic rings. The highest BCUT2D eigenvalue weighted by atomic mass is 32.1. The molecule has 0 radical (unpaired) electrons. The molecule has 1 saturated heterocycles. The standard InChI is InChI=1S/C19H24N4O2S/c1-14(22-19(25)16-8-6-12-26-16)18(24)21-13-15-7-5-9-20-17(15)23-10-3-2-4-11-23/h5-9,12,14H,2-4,10-11,13H2,1H3,(H,21,24)(H,22,25)/t14-/m0/s1. The zero-order chi connectivity index (χ0) is 18.4. The molecule has 2 aromatic rings. The van der Waals surface area contributed by atoms with Gasteiger partial charge in [0.2, 0.25) is 5.91 Å². The number of thiophene rings is 1. The van der Waals surface area contributed by atoms with Crippen molar-refractivity contribution in [3.63, 3.8) is 0 Å². The maximum absolute atomic E-state index is 12.4. The molecule has 1 aliphatic heterocycles. The molecular weight excluding hydrogens is 348 g/mol. The van der Waals surface area contributed by atoms with Gasteiger partial charge in [-0.05, 0) is 43.7 Å². The molecule has 138 valence electrons. The molecule has 26 heavy (non-hydrogen) atoms. The predicted octanol–water partition coefficient (Wildman–Crippen LogP) is 2.57. The highest BCUT2D eigenvalue weighted by molar-refractivity contribution is 7.12. The van der Waals surface area contributed by atoms with Crippen LogP contribution in [0, 0.1) is 0 Å². The second-order valence-corrected chi connectivity index (χ2v) is 7.37. The number of amides is 2. The molecule has 3 heterocycles. The molecule has 0 bridgehead atoms. The van der Waals surface area contributed by atoms with E-state index in [0.717, 1.165) is 24.5 Å². The molecule has 1 fully saturated rings. The summed E-state index contributed by atoms with van der Waals surface area (Å²) in [6.07, 6.45) is 5.40. The van der Waals surface area contributed by atoms with E-state index < -0.39 is 6.04 Å². The van der Waals surface area contributed by atoms with Crippen LogP contribution in [0.2, 0.25) is 0 Å². The fraction of sp³-hybridized carbons (Fsp3) is 0.421. The summed E-state index contributed by atoms with van der Waals surface area (Å²) < 4.78 is 0. The minimum Gasteiger partial charge on any atom is -0.356 e. The Hall–Kier alpha value is -2.41. The molecule has 6 nitrogen and oxygen atoms in total. The maximum atomic E-state index is 12.4. The number of carbonyl (C=O) groups excluding carboxylic acids is 2. The third-order valence-corrected chi connectivity index (χ3v) is 5.33. The Labute approximate surface area is 157 Å². The normalized spacial score (nSPS) is 15.3. The van der Waals surface area contributed by atoms with Crippen LogP contribution in [0.1, 0.15) is 41.4 Å². The summed E-state index contributed by atoms with van der Waals surface area (Å²) in [5.41, 5.74) is 1.000. The van der Waals surface area contributed by atoms with Gasteiger partial charge in [-0.15, -0.1) is 11.3 Å². The number of hydrogen-bond donors (Lipinski definition) is 2. The number of nitrogens with one attached hydrogen (secondary N) is 2. The number of pyridine rings is 1. The first-order valence-electron chi connectivity index (χ1n) is 8.96. The van der Waals surface area contributed by atoms with Gasteiger partial charge in [0.05, 0.1) is 4.88 Å². The summed E-state index contributed by atoms with van der Waals surface area (Å²) >= 11 is 1.36. The van der Waals surface area contributed by atoms with E-state index in [1.165, 1.54) is 30.6 Å². The van der Waals surface area contributed by atoms with Crippen molar-refractivity contribution in [1.82, 2.24) is 15.6 Å². The average Bonchev–Trinajstić information content (AvgIpc) is 3.22. The van der Waals surface area contributed by atoms with E-state index >= 15 is 0 Å². The SMILES string of the molecule is C[C@H](NC(=O)c1cccs1)C(=O)NCc1cccnc1N1CCCCC1. The number of aromatic nitrogens is 1. The number of rotatable bonds is 6. The van der Waals surface area contributed by atoms with Crippen LogP contribution < -0.4 is 15.5 Å². The summed E-state index contributed by atoms with van der Waals surface area (Å²) in [6, 6.07) is 6.84. The minimum absolute atomic E-state index is 0.205. The van der Waals surface area contributed by atoms with Crippen LogP contribution in [0.15, 0.2) is 35.8 Å². The average molecular weight is 372 g/mol. The molecule has 0 spiro atoms. The molecule has 0 aliphatic carbocycles. The van der Waals surface area contributed by atoms with E-state index in [1.807, 2.05) is 23.6 Å². The molecule has 2 N–H and O–H groups in total. The summed E-state index contributed by atoms with van der Waals surface area (Å²) in [5.74, 6) is 0.518. The van der Waals surface area contributed by atoms with Gasteiger partial charge in [-0.25, -0.2) is 4.98 Å². The van der Waals surface area contributed by atoms with E-state index in [0.29, 0.717) is 11.4 Å². The fourth-order valence-corrected chi connectivity index (χ4v) is 3.66. The van der Waals surface area contributed by atoms with Crippen LogP contribution in [0.25, 0.3) is 0 Å². The topological polar surface area (TPSA) is 74.3 Å². The Kier molecular flexibility index (Phi) is 6.22. The van der Waals surface area contributed by atoms with Gasteiger partial charge in [0.1, 0.15) is 11.9 Å². The van der Waals surface area contributed by atoms with Crippen LogP contribution in [-0.2, 0) is 11.3 Å². The first kappa shape index (κ1) is 18.4. The Morgan fingerprint density at radius 3 is 2.77 bits per heavy atom. The molecule has 0 aromatic carbocycles. The fourth-order valence-electron chi connectivity index (χ4n) is 3.04. The highest BCUT2D eigenvalue weighted by Gasteiger charge is 2.19. The van der Waals surface area contributed by atoms with Crippen molar-refractivity contribution < 1.29 is 9.59 Å². The lowest BCUT2D eigenvalue weighted by molar-refractivity contribution is -0.122. The monoisotopic (exact) mass is 372 g/mol. The first-order chi connectivity index (χ1) is 12.6.